The van der Waals surface area contributed by atoms with E-state index < -0.39 is 57.8 Å². The van der Waals surface area contributed by atoms with Gasteiger partial charge in [0.15, 0.2) is 0 Å². The van der Waals surface area contributed by atoms with Crippen molar-refractivity contribution < 1.29 is 39.9 Å². The van der Waals surface area contributed by atoms with E-state index in [0.29, 0.717) is 6.07 Å². The van der Waals surface area contributed by atoms with E-state index in [4.69, 9.17) is 5.73 Å². The summed E-state index contributed by atoms with van der Waals surface area (Å²) >= 11 is 0. The zero-order valence-electron chi connectivity index (χ0n) is 14.3. The highest BCUT2D eigenvalue weighted by atomic mass is 19.4. The van der Waals surface area contributed by atoms with Crippen molar-refractivity contribution >= 4 is 5.91 Å². The van der Waals surface area contributed by atoms with E-state index >= 15 is 0 Å². The molecule has 3 aromatic rings. The number of nitrogens with zero attached hydrogens (tertiary/aromatic N) is 3. The first-order valence-electron chi connectivity index (χ1n) is 7.79. The molecule has 0 spiro atoms. The van der Waals surface area contributed by atoms with E-state index in [-0.39, 0.29) is 6.20 Å². The molecule has 1 aromatic carbocycles. The van der Waals surface area contributed by atoms with E-state index in [1.807, 2.05) is 0 Å². The third kappa shape index (κ3) is 3.37. The van der Waals surface area contributed by atoms with Crippen LogP contribution in [-0.4, -0.2) is 32.1 Å². The quantitative estimate of drug-likeness (QED) is 0.602. The fourth-order valence-corrected chi connectivity index (χ4v) is 2.81. The maximum Gasteiger partial charge on any atom is 0.458 e. The van der Waals surface area contributed by atoms with Crippen molar-refractivity contribution in [2.75, 3.05) is 0 Å². The summed E-state index contributed by atoms with van der Waals surface area (Å²) in [6, 6.07) is 2.66. The molecule has 0 aliphatic heterocycles. The van der Waals surface area contributed by atoms with Gasteiger partial charge in [0.05, 0.1) is 23.1 Å². The highest BCUT2D eigenvalue weighted by molar-refractivity contribution is 5.98. The van der Waals surface area contributed by atoms with Gasteiger partial charge in [0, 0.05) is 23.5 Å². The second-order valence-electron chi connectivity index (χ2n) is 5.93. The standard InChI is InChI=1S/C16H9F8N5O/c17-14(18,16(22,23)24)11-7(13(25)30)2-3-9(29-5-1-4-27-29)10(11)12-8(6-26-28-12)15(19,20)21/h1-6H,(H2,25,30)(H,26,28). The largest absolute Gasteiger partial charge is 0.458 e. The van der Waals surface area contributed by atoms with Gasteiger partial charge in [-0.15, -0.1) is 0 Å². The molecule has 0 aliphatic carbocycles. The summed E-state index contributed by atoms with van der Waals surface area (Å²) in [6.07, 6.45) is -8.99. The Balaban J connectivity index is 2.54. The van der Waals surface area contributed by atoms with Crippen LogP contribution >= 0.6 is 0 Å². The summed E-state index contributed by atoms with van der Waals surface area (Å²) in [7, 11) is 0. The fraction of sp³-hybridized carbons (Fsp3) is 0.188. The smallest absolute Gasteiger partial charge is 0.366 e. The molecule has 0 bridgehead atoms. The van der Waals surface area contributed by atoms with Gasteiger partial charge in [0.1, 0.15) is 5.56 Å². The maximum absolute atomic E-state index is 14.5. The van der Waals surface area contributed by atoms with Crippen molar-refractivity contribution in [2.24, 2.45) is 5.73 Å². The number of carbonyl (C=O) groups is 1. The van der Waals surface area contributed by atoms with E-state index in [0.717, 1.165) is 23.1 Å². The lowest BCUT2D eigenvalue weighted by Crippen LogP contribution is -2.37. The van der Waals surface area contributed by atoms with Crippen LogP contribution in [0.15, 0.2) is 36.8 Å². The fourth-order valence-electron chi connectivity index (χ4n) is 2.81. The number of rotatable bonds is 4. The molecule has 0 atom stereocenters. The first kappa shape index (κ1) is 21.3. The van der Waals surface area contributed by atoms with Gasteiger partial charge in [-0.3, -0.25) is 9.89 Å². The molecule has 2 heterocycles. The molecule has 160 valence electrons. The molecular formula is C16H9F8N5O. The predicted octanol–water partition coefficient (Wildman–Crippen LogP) is 4.03. The molecule has 3 N–H and O–H groups in total. The third-order valence-corrected chi connectivity index (χ3v) is 4.06. The highest BCUT2D eigenvalue weighted by Crippen LogP contribution is 2.51. The summed E-state index contributed by atoms with van der Waals surface area (Å²) in [5.41, 5.74) is -3.12. The van der Waals surface area contributed by atoms with Gasteiger partial charge in [0.2, 0.25) is 5.91 Å². The molecule has 1 amide bonds. The number of hydrogen-bond donors (Lipinski definition) is 2. The van der Waals surface area contributed by atoms with Crippen molar-refractivity contribution in [3.05, 3.63) is 53.5 Å². The average molecular weight is 439 g/mol. The second-order valence-corrected chi connectivity index (χ2v) is 5.93. The monoisotopic (exact) mass is 439 g/mol. The van der Waals surface area contributed by atoms with Crippen LogP contribution < -0.4 is 5.73 Å². The minimum atomic E-state index is -6.26. The Bertz CT molecular complexity index is 1080. The zero-order chi connectivity index (χ0) is 22.5. The number of amides is 1. The van der Waals surface area contributed by atoms with Crippen LogP contribution in [0.5, 0.6) is 0 Å². The van der Waals surface area contributed by atoms with E-state index in [2.05, 4.69) is 10.2 Å². The van der Waals surface area contributed by atoms with E-state index in [1.165, 1.54) is 6.07 Å². The van der Waals surface area contributed by atoms with Crippen LogP contribution in [0.2, 0.25) is 0 Å². The minimum absolute atomic E-state index is 0.217. The van der Waals surface area contributed by atoms with Gasteiger partial charge in [-0.25, -0.2) is 4.68 Å². The number of aromatic amines is 1. The zero-order valence-corrected chi connectivity index (χ0v) is 14.3. The number of alkyl halides is 8. The molecule has 6 nitrogen and oxygen atoms in total. The van der Waals surface area contributed by atoms with Crippen LogP contribution in [0.25, 0.3) is 16.9 Å². The number of benzene rings is 1. The molecule has 3 rings (SSSR count). The normalized spacial score (nSPS) is 12.9. The average Bonchev–Trinajstić information content (AvgIpc) is 3.30. The molecule has 30 heavy (non-hydrogen) atoms. The number of primary amides is 1. The third-order valence-electron chi connectivity index (χ3n) is 4.06. The molecule has 2 aromatic heterocycles. The van der Waals surface area contributed by atoms with Crippen molar-refractivity contribution in [3.63, 3.8) is 0 Å². The molecule has 0 fully saturated rings. The lowest BCUT2D eigenvalue weighted by Gasteiger charge is -2.26. The summed E-state index contributed by atoms with van der Waals surface area (Å²) in [5, 5.41) is 8.59. The van der Waals surface area contributed by atoms with Crippen molar-refractivity contribution in [1.29, 1.82) is 0 Å². The number of carbonyl (C=O) groups excluding carboxylic acids is 1. The first-order chi connectivity index (χ1) is 13.8. The number of H-pyrrole nitrogens is 1. The van der Waals surface area contributed by atoms with Crippen LogP contribution in [0.3, 0.4) is 0 Å². The van der Waals surface area contributed by atoms with Gasteiger partial charge >= 0.3 is 18.3 Å². The van der Waals surface area contributed by atoms with E-state index in [1.54, 1.807) is 5.10 Å². The number of halogens is 8. The van der Waals surface area contributed by atoms with Crippen molar-refractivity contribution in [3.8, 4) is 16.9 Å². The van der Waals surface area contributed by atoms with Gasteiger partial charge < -0.3 is 5.73 Å². The number of nitrogens with two attached hydrogens (primary N) is 1. The van der Waals surface area contributed by atoms with Crippen molar-refractivity contribution in [1.82, 2.24) is 20.0 Å². The van der Waals surface area contributed by atoms with Crippen LogP contribution in [0.1, 0.15) is 21.5 Å². The van der Waals surface area contributed by atoms with Crippen LogP contribution in [-0.2, 0) is 12.1 Å². The molecule has 0 radical (unpaired) electrons. The summed E-state index contributed by atoms with van der Waals surface area (Å²) in [5.74, 6) is -7.45. The maximum atomic E-state index is 14.5. The summed E-state index contributed by atoms with van der Waals surface area (Å²) in [6.45, 7) is 0. The number of aromatic nitrogens is 4. The topological polar surface area (TPSA) is 89.6 Å². The number of nitrogens with one attached hydrogen (secondary N) is 1. The van der Waals surface area contributed by atoms with Crippen LogP contribution in [0.4, 0.5) is 35.1 Å². The van der Waals surface area contributed by atoms with Crippen LogP contribution in [0, 0.1) is 0 Å². The predicted molar refractivity (Wildman–Crippen MR) is 84.6 cm³/mol. The Labute approximate surface area is 161 Å². The highest BCUT2D eigenvalue weighted by Gasteiger charge is 2.61. The Kier molecular flexibility index (Phi) is 4.83. The first-order valence-corrected chi connectivity index (χ1v) is 7.79. The van der Waals surface area contributed by atoms with E-state index in [9.17, 15) is 39.9 Å². The Morgan fingerprint density at radius 2 is 1.73 bits per heavy atom. The van der Waals surface area contributed by atoms with Gasteiger partial charge in [-0.05, 0) is 18.2 Å². The lowest BCUT2D eigenvalue weighted by molar-refractivity contribution is -0.289. The molecule has 0 unspecified atom stereocenters. The SMILES string of the molecule is NC(=O)c1ccc(-n2cccn2)c(-c2[nH]ncc2C(F)(F)F)c1C(F)(F)C(F)(F)F. The molecule has 14 heteroatoms. The molecule has 0 saturated carbocycles. The second kappa shape index (κ2) is 6.81. The number of hydrogen-bond acceptors (Lipinski definition) is 3. The van der Waals surface area contributed by atoms with Gasteiger partial charge in [-0.2, -0.15) is 45.3 Å². The summed E-state index contributed by atoms with van der Waals surface area (Å²) < 4.78 is 110. The minimum Gasteiger partial charge on any atom is -0.366 e. The molecule has 0 saturated heterocycles. The van der Waals surface area contributed by atoms with Gasteiger partial charge in [0.25, 0.3) is 0 Å². The molecule has 0 aliphatic rings. The van der Waals surface area contributed by atoms with Gasteiger partial charge in [-0.1, -0.05) is 0 Å². The lowest BCUT2D eigenvalue weighted by atomic mass is 9.90. The molecular weight excluding hydrogens is 430 g/mol. The Hall–Kier alpha value is -3.45. The van der Waals surface area contributed by atoms with Crippen molar-refractivity contribution in [2.45, 2.75) is 18.3 Å². The Morgan fingerprint density at radius 1 is 1.07 bits per heavy atom. The summed E-state index contributed by atoms with van der Waals surface area (Å²) in [4.78, 5) is 11.6. The Morgan fingerprint density at radius 3 is 2.23 bits per heavy atom.